The van der Waals surface area contributed by atoms with Crippen LogP contribution >= 0.6 is 0 Å². The molecule has 0 unspecified atom stereocenters. The van der Waals surface area contributed by atoms with E-state index in [-0.39, 0.29) is 16.5 Å². The van der Waals surface area contributed by atoms with Crippen LogP contribution in [0.25, 0.3) is 16.9 Å². The maximum atomic E-state index is 11.5. The molecular weight excluding hydrogens is 543 g/mol. The first-order valence-corrected chi connectivity index (χ1v) is 16.2. The average molecular weight is 602 g/mol. The second-order valence-corrected chi connectivity index (χ2v) is 10.5. The van der Waals surface area contributed by atoms with Crippen molar-refractivity contribution in [2.45, 2.75) is 131 Å². The zero-order valence-electron chi connectivity index (χ0n) is 26.9. The molecular formula is C38H58N2Ni. The Hall–Kier alpha value is -1.99. The number of aryl methyl sites for hydroxylation is 2. The van der Waals surface area contributed by atoms with Gasteiger partial charge in [-0.2, -0.15) is 13.8 Å². The van der Waals surface area contributed by atoms with Crippen molar-refractivity contribution >= 4 is 11.4 Å². The number of rotatable bonds is 17. The first-order chi connectivity index (χ1) is 19.7. The first-order valence-electron chi connectivity index (χ1n) is 16.2. The van der Waals surface area contributed by atoms with E-state index in [4.69, 9.17) is 0 Å². The summed E-state index contributed by atoms with van der Waals surface area (Å²) in [6, 6.07) is 17.6. The fourth-order valence-corrected chi connectivity index (χ4v) is 5.27. The third-order valence-corrected chi connectivity index (χ3v) is 7.42. The fourth-order valence-electron chi connectivity index (χ4n) is 5.27. The van der Waals surface area contributed by atoms with Crippen molar-refractivity contribution in [3.63, 3.8) is 0 Å². The van der Waals surface area contributed by atoms with Crippen LogP contribution in [0, 0.1) is 13.8 Å². The fraction of sp³-hybridized carbons (Fsp3) is 0.526. The van der Waals surface area contributed by atoms with E-state index >= 15 is 0 Å². The van der Waals surface area contributed by atoms with Crippen molar-refractivity contribution < 1.29 is 21.2 Å². The third-order valence-electron chi connectivity index (χ3n) is 7.42. The number of allylic oxidation sites excluding steroid dienone is 2. The molecule has 0 aliphatic carbocycles. The molecule has 0 amide bonds. The van der Waals surface area contributed by atoms with Gasteiger partial charge in [0.05, 0.1) is 0 Å². The molecule has 0 saturated carbocycles. The van der Waals surface area contributed by atoms with Crippen LogP contribution in [0.4, 0.5) is 0 Å². The molecule has 1 heterocycles. The number of hydrogen-bond donors (Lipinski definition) is 0. The number of nitrogens with zero attached hydrogens (tertiary/aromatic N) is 2. The molecule has 1 aliphatic heterocycles. The summed E-state index contributed by atoms with van der Waals surface area (Å²) in [6.07, 6.45) is 20.6. The van der Waals surface area contributed by atoms with Crippen LogP contribution in [-0.2, 0) is 29.3 Å². The van der Waals surface area contributed by atoms with E-state index in [0.29, 0.717) is 0 Å². The Kier molecular flexibility index (Phi) is 23.4. The van der Waals surface area contributed by atoms with Gasteiger partial charge in [0.1, 0.15) is 0 Å². The molecule has 2 aromatic rings. The molecule has 230 valence electrons. The standard InChI is InChI=1S/C34H48N2.2C2H5.Ni/c1-4-7-10-11-12-15-22-32-27-33(30-23-16-20-28(25-30)18-13-8-5-2)36(35)34(32)31-24-17-21-29(26-31)19-14-9-6-3;2*1-2;/h16-17,20-21,23-27H,4-15,18-19,22H2,1-3H3;2*1H2,2H3;/q;2*-1;+2. The summed E-state index contributed by atoms with van der Waals surface area (Å²) < 4.78 is 1.47. The number of benzene rings is 2. The van der Waals surface area contributed by atoms with E-state index < -0.39 is 0 Å². The van der Waals surface area contributed by atoms with Gasteiger partial charge in [0.2, 0.25) is 11.4 Å². The maximum absolute atomic E-state index is 11.5. The van der Waals surface area contributed by atoms with Crippen LogP contribution in [0.2, 0.25) is 0 Å². The van der Waals surface area contributed by atoms with Crippen molar-refractivity contribution in [1.29, 1.82) is 0 Å². The third kappa shape index (κ3) is 13.7. The molecule has 0 bridgehead atoms. The van der Waals surface area contributed by atoms with Crippen LogP contribution in [0.3, 0.4) is 0 Å². The summed E-state index contributed by atoms with van der Waals surface area (Å²) in [4.78, 5) is 0. The van der Waals surface area contributed by atoms with Gasteiger partial charge in [-0.3, -0.25) is 0 Å². The van der Waals surface area contributed by atoms with Gasteiger partial charge in [0.15, 0.2) is 0 Å². The minimum atomic E-state index is 0. The second-order valence-electron chi connectivity index (χ2n) is 10.5. The molecule has 2 aromatic carbocycles. The molecule has 1 aliphatic rings. The first kappa shape index (κ1) is 39.0. The molecule has 3 rings (SSSR count). The van der Waals surface area contributed by atoms with Crippen molar-refractivity contribution in [2.24, 2.45) is 0 Å². The smallest absolute Gasteiger partial charge is 0.493 e. The number of unbranched alkanes of at least 4 members (excludes halogenated alkanes) is 9. The predicted molar refractivity (Wildman–Crippen MR) is 178 cm³/mol. The largest absolute Gasteiger partial charge is 2.00 e. The van der Waals surface area contributed by atoms with Crippen molar-refractivity contribution in [3.05, 3.63) is 102 Å². The van der Waals surface area contributed by atoms with Gasteiger partial charge in [-0.1, -0.05) is 103 Å². The SMILES string of the molecule is CCCCCCCCC1=C(c2cccc(CCCCC)c2)[N+](=[N-])C(c2cccc(CCCCC)c2)=C1.[CH2-]C.[CH2-]C.[Ni+2]. The second kappa shape index (κ2) is 24.6. The molecule has 0 atom stereocenters. The Morgan fingerprint density at radius 1 is 0.585 bits per heavy atom. The van der Waals surface area contributed by atoms with Crippen molar-refractivity contribution in [3.8, 4) is 0 Å². The molecule has 0 radical (unpaired) electrons. The molecule has 0 aromatic heterocycles. The van der Waals surface area contributed by atoms with Gasteiger partial charge in [0.25, 0.3) is 0 Å². The van der Waals surface area contributed by atoms with Gasteiger partial charge in [0, 0.05) is 22.8 Å². The predicted octanol–water partition coefficient (Wildman–Crippen LogP) is 12.4. The molecule has 41 heavy (non-hydrogen) atoms. The Labute approximate surface area is 264 Å². The van der Waals surface area contributed by atoms with Gasteiger partial charge in [-0.15, -0.1) is 0 Å². The minimum Gasteiger partial charge on any atom is -0.493 e. The van der Waals surface area contributed by atoms with E-state index in [0.717, 1.165) is 41.8 Å². The van der Waals surface area contributed by atoms with Gasteiger partial charge in [-0.25, -0.2) is 4.70 Å². The summed E-state index contributed by atoms with van der Waals surface area (Å²) in [5, 5.41) is 0. The molecule has 0 fully saturated rings. The van der Waals surface area contributed by atoms with E-state index in [2.05, 4.69) is 89.2 Å². The Morgan fingerprint density at radius 2 is 1.02 bits per heavy atom. The van der Waals surface area contributed by atoms with Crippen LogP contribution in [0.5, 0.6) is 0 Å². The zero-order chi connectivity index (χ0) is 29.6. The Bertz CT molecular complexity index is 1030. The zero-order valence-corrected chi connectivity index (χ0v) is 27.9. The van der Waals surface area contributed by atoms with Crippen molar-refractivity contribution in [2.75, 3.05) is 0 Å². The van der Waals surface area contributed by atoms with Crippen LogP contribution < -0.4 is 0 Å². The Morgan fingerprint density at radius 3 is 1.59 bits per heavy atom. The summed E-state index contributed by atoms with van der Waals surface area (Å²) in [5.74, 6) is 0. The van der Waals surface area contributed by atoms with Crippen LogP contribution in [0.15, 0.2) is 60.2 Å². The van der Waals surface area contributed by atoms with Gasteiger partial charge in [-0.05, 0) is 73.9 Å². The topological polar surface area (TPSA) is 25.3 Å². The van der Waals surface area contributed by atoms with E-state index in [1.807, 2.05) is 0 Å². The maximum Gasteiger partial charge on any atom is 2.00 e. The monoisotopic (exact) mass is 600 g/mol. The Balaban J connectivity index is 0.00000306. The molecule has 3 heteroatoms. The average Bonchev–Trinajstić information content (AvgIpc) is 3.33. The summed E-state index contributed by atoms with van der Waals surface area (Å²) >= 11 is 0. The minimum absolute atomic E-state index is 0. The van der Waals surface area contributed by atoms with Crippen molar-refractivity contribution in [1.82, 2.24) is 0 Å². The molecule has 0 saturated heterocycles. The van der Waals surface area contributed by atoms with E-state index in [1.54, 1.807) is 13.8 Å². The summed E-state index contributed by atoms with van der Waals surface area (Å²) in [7, 11) is 0. The van der Waals surface area contributed by atoms with E-state index in [9.17, 15) is 5.53 Å². The van der Waals surface area contributed by atoms with Crippen LogP contribution in [0.1, 0.15) is 140 Å². The normalized spacial score (nSPS) is 12.2. The van der Waals surface area contributed by atoms with E-state index in [1.165, 1.54) is 98.4 Å². The summed E-state index contributed by atoms with van der Waals surface area (Å²) in [6.45, 7) is 16.8. The number of hydrogen-bond acceptors (Lipinski definition) is 0. The quantitative estimate of drug-likeness (QED) is 0.0746. The van der Waals surface area contributed by atoms with Gasteiger partial charge >= 0.3 is 16.5 Å². The molecule has 0 spiro atoms. The summed E-state index contributed by atoms with van der Waals surface area (Å²) in [5.41, 5.74) is 19.7. The molecule has 0 N–H and O–H groups in total. The van der Waals surface area contributed by atoms with Crippen LogP contribution in [-0.4, -0.2) is 4.70 Å². The molecule has 2 nitrogen and oxygen atoms in total. The van der Waals surface area contributed by atoms with Gasteiger partial charge < -0.3 is 19.4 Å².